The molecule has 0 fully saturated rings. The van der Waals surface area contributed by atoms with Crippen molar-refractivity contribution in [2.45, 2.75) is 0 Å². The molecule has 0 aromatic carbocycles. The zero-order valence-electron chi connectivity index (χ0n) is 6.10. The van der Waals surface area contributed by atoms with Crippen molar-refractivity contribution in [2.75, 3.05) is 6.61 Å². The highest BCUT2D eigenvalue weighted by Gasteiger charge is 1.81. The molecule has 3 nitrogen and oxygen atoms in total. The second-order valence-corrected chi connectivity index (χ2v) is 2.02. The van der Waals surface area contributed by atoms with Gasteiger partial charge in [0.2, 0.25) is 0 Å². The Kier molecular flexibility index (Phi) is 3.31. The second-order valence-electron chi connectivity index (χ2n) is 2.02. The molecule has 11 heavy (non-hydrogen) atoms. The molecule has 2 N–H and O–H groups in total. The molecular weight excluding hydrogens is 140 g/mol. The Bertz CT molecular complexity index is 221. The standard InChI is InChI=1S/C8H10N2O/c9-11-7-1-2-8-3-5-10-6-4-8/h1-6H,7,9H2/b2-1+. The van der Waals surface area contributed by atoms with Gasteiger partial charge in [-0.05, 0) is 17.7 Å². The number of hydrogen-bond acceptors (Lipinski definition) is 3. The highest BCUT2D eigenvalue weighted by molar-refractivity contribution is 5.47. The van der Waals surface area contributed by atoms with Gasteiger partial charge in [0.15, 0.2) is 0 Å². The number of nitrogens with zero attached hydrogens (tertiary/aromatic N) is 1. The highest BCUT2D eigenvalue weighted by atomic mass is 16.6. The van der Waals surface area contributed by atoms with Crippen molar-refractivity contribution in [1.29, 1.82) is 0 Å². The van der Waals surface area contributed by atoms with Crippen LogP contribution in [-0.2, 0) is 4.84 Å². The van der Waals surface area contributed by atoms with Crippen LogP contribution in [0.2, 0.25) is 0 Å². The van der Waals surface area contributed by atoms with Crippen LogP contribution in [0.25, 0.3) is 6.08 Å². The third-order valence-corrected chi connectivity index (χ3v) is 1.21. The van der Waals surface area contributed by atoms with Crippen molar-refractivity contribution in [1.82, 2.24) is 4.98 Å². The number of nitrogens with two attached hydrogens (primary N) is 1. The molecule has 0 bridgehead atoms. The summed E-state index contributed by atoms with van der Waals surface area (Å²) in [5.74, 6) is 4.83. The van der Waals surface area contributed by atoms with Gasteiger partial charge in [0.1, 0.15) is 0 Å². The SMILES string of the molecule is NOC/C=C/c1ccncc1. The summed E-state index contributed by atoms with van der Waals surface area (Å²) in [5.41, 5.74) is 1.09. The molecule has 0 unspecified atom stereocenters. The summed E-state index contributed by atoms with van der Waals surface area (Å²) in [7, 11) is 0. The van der Waals surface area contributed by atoms with Crippen molar-refractivity contribution in [3.05, 3.63) is 36.2 Å². The van der Waals surface area contributed by atoms with E-state index in [1.54, 1.807) is 12.4 Å². The topological polar surface area (TPSA) is 48.1 Å². The Hall–Kier alpha value is -1.19. The minimum absolute atomic E-state index is 0.433. The van der Waals surface area contributed by atoms with E-state index >= 15 is 0 Å². The van der Waals surface area contributed by atoms with E-state index in [4.69, 9.17) is 5.90 Å². The second kappa shape index (κ2) is 4.60. The van der Waals surface area contributed by atoms with Gasteiger partial charge in [-0.2, -0.15) is 0 Å². The smallest absolute Gasteiger partial charge is 0.0864 e. The van der Waals surface area contributed by atoms with Gasteiger partial charge in [0.25, 0.3) is 0 Å². The molecule has 0 amide bonds. The first-order valence-electron chi connectivity index (χ1n) is 3.32. The molecular formula is C8H10N2O. The van der Waals surface area contributed by atoms with Crippen LogP contribution in [0.1, 0.15) is 5.56 Å². The van der Waals surface area contributed by atoms with Crippen molar-refractivity contribution in [3.63, 3.8) is 0 Å². The van der Waals surface area contributed by atoms with Crippen molar-refractivity contribution < 1.29 is 4.84 Å². The van der Waals surface area contributed by atoms with Gasteiger partial charge in [0.05, 0.1) is 6.61 Å². The van der Waals surface area contributed by atoms with E-state index in [0.29, 0.717) is 6.61 Å². The first kappa shape index (κ1) is 7.91. The lowest BCUT2D eigenvalue weighted by atomic mass is 10.2. The van der Waals surface area contributed by atoms with Gasteiger partial charge in [-0.1, -0.05) is 12.2 Å². The van der Waals surface area contributed by atoms with Gasteiger partial charge in [-0.25, -0.2) is 5.90 Å². The maximum absolute atomic E-state index is 4.83. The Morgan fingerprint density at radius 1 is 1.45 bits per heavy atom. The van der Waals surface area contributed by atoms with E-state index in [9.17, 15) is 0 Å². The third-order valence-electron chi connectivity index (χ3n) is 1.21. The fraction of sp³-hybridized carbons (Fsp3) is 0.125. The maximum atomic E-state index is 4.83. The average molecular weight is 150 g/mol. The maximum Gasteiger partial charge on any atom is 0.0864 e. The number of pyridine rings is 1. The first-order chi connectivity index (χ1) is 5.43. The van der Waals surface area contributed by atoms with Gasteiger partial charge in [-0.3, -0.25) is 4.98 Å². The van der Waals surface area contributed by atoms with E-state index in [0.717, 1.165) is 5.56 Å². The normalized spacial score (nSPS) is 10.6. The van der Waals surface area contributed by atoms with Crippen LogP contribution in [-0.4, -0.2) is 11.6 Å². The quantitative estimate of drug-likeness (QED) is 0.653. The zero-order valence-corrected chi connectivity index (χ0v) is 6.10. The summed E-state index contributed by atoms with van der Waals surface area (Å²) < 4.78 is 0. The van der Waals surface area contributed by atoms with E-state index < -0.39 is 0 Å². The number of rotatable bonds is 3. The van der Waals surface area contributed by atoms with E-state index in [1.165, 1.54) is 0 Å². The lowest BCUT2D eigenvalue weighted by Gasteiger charge is -1.89. The molecule has 58 valence electrons. The first-order valence-corrected chi connectivity index (χ1v) is 3.32. The monoisotopic (exact) mass is 150 g/mol. The van der Waals surface area contributed by atoms with Gasteiger partial charge < -0.3 is 4.84 Å². The van der Waals surface area contributed by atoms with Crippen molar-refractivity contribution in [3.8, 4) is 0 Å². The minimum Gasteiger partial charge on any atom is -0.300 e. The fourth-order valence-electron chi connectivity index (χ4n) is 0.714. The van der Waals surface area contributed by atoms with Crippen LogP contribution in [0, 0.1) is 0 Å². The lowest BCUT2D eigenvalue weighted by Crippen LogP contribution is -1.96. The Morgan fingerprint density at radius 3 is 2.82 bits per heavy atom. The summed E-state index contributed by atoms with van der Waals surface area (Å²) in [6.45, 7) is 0.433. The Morgan fingerprint density at radius 2 is 2.18 bits per heavy atom. The largest absolute Gasteiger partial charge is 0.300 e. The molecule has 0 spiro atoms. The molecule has 0 saturated carbocycles. The molecule has 0 aliphatic carbocycles. The third kappa shape index (κ3) is 2.93. The highest BCUT2D eigenvalue weighted by Crippen LogP contribution is 1.97. The van der Waals surface area contributed by atoms with Crippen LogP contribution < -0.4 is 5.90 Å². The lowest BCUT2D eigenvalue weighted by molar-refractivity contribution is 0.168. The molecule has 3 heteroatoms. The van der Waals surface area contributed by atoms with Crippen LogP contribution >= 0.6 is 0 Å². The predicted molar refractivity (Wildman–Crippen MR) is 43.4 cm³/mol. The van der Waals surface area contributed by atoms with Crippen LogP contribution in [0.15, 0.2) is 30.6 Å². The molecule has 0 atom stereocenters. The number of hydrogen-bond donors (Lipinski definition) is 1. The zero-order chi connectivity index (χ0) is 7.94. The van der Waals surface area contributed by atoms with Crippen LogP contribution in [0.3, 0.4) is 0 Å². The fourth-order valence-corrected chi connectivity index (χ4v) is 0.714. The molecule has 0 aliphatic heterocycles. The summed E-state index contributed by atoms with van der Waals surface area (Å²) in [4.78, 5) is 8.24. The molecule has 1 aromatic heterocycles. The van der Waals surface area contributed by atoms with E-state index in [1.807, 2.05) is 24.3 Å². The Balaban J connectivity index is 2.50. The summed E-state index contributed by atoms with van der Waals surface area (Å²) in [6.07, 6.45) is 7.25. The van der Waals surface area contributed by atoms with Gasteiger partial charge in [-0.15, -0.1) is 0 Å². The van der Waals surface area contributed by atoms with Gasteiger partial charge in [0, 0.05) is 12.4 Å². The molecule has 1 heterocycles. The van der Waals surface area contributed by atoms with Crippen LogP contribution in [0.5, 0.6) is 0 Å². The van der Waals surface area contributed by atoms with E-state index in [-0.39, 0.29) is 0 Å². The van der Waals surface area contributed by atoms with E-state index in [2.05, 4.69) is 9.82 Å². The molecule has 0 radical (unpaired) electrons. The van der Waals surface area contributed by atoms with Crippen molar-refractivity contribution in [2.24, 2.45) is 5.90 Å². The molecule has 0 saturated heterocycles. The molecule has 1 aromatic rings. The summed E-state index contributed by atoms with van der Waals surface area (Å²) in [6, 6.07) is 3.82. The minimum atomic E-state index is 0.433. The summed E-state index contributed by atoms with van der Waals surface area (Å²) in [5, 5.41) is 0. The Labute approximate surface area is 65.5 Å². The predicted octanol–water partition coefficient (Wildman–Crippen LogP) is 0.985. The number of aromatic nitrogens is 1. The molecule has 1 rings (SSSR count). The van der Waals surface area contributed by atoms with Crippen molar-refractivity contribution >= 4 is 6.08 Å². The van der Waals surface area contributed by atoms with Gasteiger partial charge >= 0.3 is 0 Å². The van der Waals surface area contributed by atoms with Crippen LogP contribution in [0.4, 0.5) is 0 Å². The summed E-state index contributed by atoms with van der Waals surface area (Å²) >= 11 is 0. The average Bonchev–Trinajstić information content (AvgIpc) is 2.07. The molecule has 0 aliphatic rings.